The zero-order chi connectivity index (χ0) is 13.9. The van der Waals surface area contributed by atoms with Crippen molar-refractivity contribution < 1.29 is 9.59 Å². The van der Waals surface area contributed by atoms with Crippen LogP contribution in [0.2, 0.25) is 0 Å². The Labute approximate surface area is 131 Å². The molecule has 2 saturated heterocycles. The number of carbonyl (C=O) groups excluding carboxylic acids is 2. The Kier molecular flexibility index (Phi) is 5.37. The van der Waals surface area contributed by atoms with Gasteiger partial charge in [0.05, 0.1) is 0 Å². The molecule has 1 amide bonds. The molecule has 0 unspecified atom stereocenters. The zero-order valence-electron chi connectivity index (χ0n) is 12.0. The van der Waals surface area contributed by atoms with Gasteiger partial charge in [-0.3, -0.25) is 9.59 Å². The van der Waals surface area contributed by atoms with Gasteiger partial charge in [0, 0.05) is 44.6 Å². The number of benzene rings is 1. The van der Waals surface area contributed by atoms with Gasteiger partial charge in [-0.2, -0.15) is 0 Å². The fourth-order valence-electron chi connectivity index (χ4n) is 3.21. The molecule has 2 aliphatic heterocycles. The summed E-state index contributed by atoms with van der Waals surface area (Å²) in [6.45, 7) is 3.76. The lowest BCUT2D eigenvalue weighted by Gasteiger charge is -2.17. The van der Waals surface area contributed by atoms with E-state index < -0.39 is 0 Å². The van der Waals surface area contributed by atoms with E-state index in [0.29, 0.717) is 30.2 Å². The molecule has 1 aromatic carbocycles. The van der Waals surface area contributed by atoms with E-state index in [1.165, 1.54) is 0 Å². The fourth-order valence-corrected chi connectivity index (χ4v) is 3.21. The van der Waals surface area contributed by atoms with Crippen LogP contribution in [0.3, 0.4) is 0 Å². The van der Waals surface area contributed by atoms with Crippen LogP contribution < -0.4 is 5.32 Å². The first-order valence-corrected chi connectivity index (χ1v) is 7.31. The van der Waals surface area contributed by atoms with Crippen molar-refractivity contribution in [2.24, 2.45) is 11.8 Å². The summed E-state index contributed by atoms with van der Waals surface area (Å²) in [6, 6.07) is 9.20. The van der Waals surface area contributed by atoms with Crippen LogP contribution in [-0.4, -0.2) is 42.8 Å². The van der Waals surface area contributed by atoms with Gasteiger partial charge in [0.25, 0.3) is 0 Å². The molecule has 21 heavy (non-hydrogen) atoms. The highest BCUT2D eigenvalue weighted by molar-refractivity contribution is 5.97. The van der Waals surface area contributed by atoms with Crippen molar-refractivity contribution in [1.82, 2.24) is 10.2 Å². The normalized spacial score (nSPS) is 23.5. The summed E-state index contributed by atoms with van der Waals surface area (Å²) in [6.07, 6.45) is 0.646. The van der Waals surface area contributed by atoms with Crippen molar-refractivity contribution in [3.63, 3.8) is 0 Å². The van der Waals surface area contributed by atoms with Crippen molar-refractivity contribution >= 4 is 24.1 Å². The lowest BCUT2D eigenvalue weighted by molar-refractivity contribution is -0.130. The molecule has 2 fully saturated rings. The molecule has 2 aliphatic rings. The molecule has 0 radical (unpaired) electrons. The molecule has 0 aliphatic carbocycles. The van der Waals surface area contributed by atoms with Gasteiger partial charge in [-0.05, 0) is 11.8 Å². The van der Waals surface area contributed by atoms with E-state index in [1.54, 1.807) is 12.1 Å². The summed E-state index contributed by atoms with van der Waals surface area (Å²) in [5, 5.41) is 3.36. The van der Waals surface area contributed by atoms with Crippen LogP contribution in [-0.2, 0) is 4.79 Å². The Balaban J connectivity index is 0.00000161. The number of Topliss-reactive ketones (excluding diaryl/α,β-unsaturated/α-hetero) is 1. The van der Waals surface area contributed by atoms with Crippen LogP contribution >= 0.6 is 12.4 Å². The molecule has 1 N–H and O–H groups in total. The second kappa shape index (κ2) is 7.05. The highest BCUT2D eigenvalue weighted by Crippen LogP contribution is 2.26. The highest BCUT2D eigenvalue weighted by atomic mass is 35.5. The summed E-state index contributed by atoms with van der Waals surface area (Å²) in [4.78, 5) is 26.1. The van der Waals surface area contributed by atoms with Crippen LogP contribution in [0.25, 0.3) is 0 Å². The van der Waals surface area contributed by atoms with Crippen molar-refractivity contribution in [3.05, 3.63) is 35.9 Å². The third-order valence-corrected chi connectivity index (χ3v) is 4.40. The molecule has 0 bridgehead atoms. The predicted molar refractivity (Wildman–Crippen MR) is 83.7 cm³/mol. The number of carbonyl (C=O) groups is 2. The van der Waals surface area contributed by atoms with Gasteiger partial charge in [-0.15, -0.1) is 12.4 Å². The molecule has 0 aromatic heterocycles. The van der Waals surface area contributed by atoms with E-state index in [9.17, 15) is 9.59 Å². The van der Waals surface area contributed by atoms with E-state index in [1.807, 2.05) is 23.1 Å². The minimum absolute atomic E-state index is 0. The highest BCUT2D eigenvalue weighted by Gasteiger charge is 2.37. The molecule has 0 spiro atoms. The van der Waals surface area contributed by atoms with Crippen molar-refractivity contribution in [3.8, 4) is 0 Å². The molecular formula is C16H21ClN2O2. The van der Waals surface area contributed by atoms with Crippen molar-refractivity contribution in [1.29, 1.82) is 0 Å². The van der Waals surface area contributed by atoms with Crippen molar-refractivity contribution in [2.45, 2.75) is 12.8 Å². The quantitative estimate of drug-likeness (QED) is 0.862. The molecule has 2 atom stereocenters. The standard InChI is InChI=1S/C16H20N2O2.ClH/c19-15(12-4-2-1-3-5-12)6-7-16(20)18-10-13-8-17-9-14(13)11-18;/h1-5,13-14,17H,6-11H2;1H/t13-,14+;. The van der Waals surface area contributed by atoms with Gasteiger partial charge >= 0.3 is 0 Å². The smallest absolute Gasteiger partial charge is 0.223 e. The molecular weight excluding hydrogens is 288 g/mol. The van der Waals surface area contributed by atoms with Crippen LogP contribution in [0.5, 0.6) is 0 Å². The predicted octanol–water partition coefficient (Wildman–Crippen LogP) is 1.75. The third-order valence-electron chi connectivity index (χ3n) is 4.40. The van der Waals surface area contributed by atoms with Gasteiger partial charge < -0.3 is 10.2 Å². The van der Waals surface area contributed by atoms with Crippen LogP contribution in [0.15, 0.2) is 30.3 Å². The van der Waals surface area contributed by atoms with Crippen molar-refractivity contribution in [2.75, 3.05) is 26.2 Å². The number of likely N-dealkylation sites (tertiary alicyclic amines) is 1. The summed E-state index contributed by atoms with van der Waals surface area (Å²) < 4.78 is 0. The fraction of sp³-hybridized carbons (Fsp3) is 0.500. The summed E-state index contributed by atoms with van der Waals surface area (Å²) >= 11 is 0. The summed E-state index contributed by atoms with van der Waals surface area (Å²) in [5.41, 5.74) is 0.697. The maximum atomic E-state index is 12.2. The first kappa shape index (κ1) is 16.0. The van der Waals surface area contributed by atoms with E-state index in [2.05, 4.69) is 5.32 Å². The van der Waals surface area contributed by atoms with Gasteiger partial charge in [0.15, 0.2) is 5.78 Å². The monoisotopic (exact) mass is 308 g/mol. The van der Waals surface area contributed by atoms with Gasteiger partial charge in [0.2, 0.25) is 5.91 Å². The third kappa shape index (κ3) is 3.63. The Bertz CT molecular complexity index is 494. The summed E-state index contributed by atoms with van der Waals surface area (Å²) in [7, 11) is 0. The zero-order valence-corrected chi connectivity index (χ0v) is 12.8. The Morgan fingerprint density at radius 1 is 1.05 bits per heavy atom. The molecule has 1 aromatic rings. The molecule has 4 nitrogen and oxygen atoms in total. The molecule has 2 heterocycles. The molecule has 5 heteroatoms. The first-order valence-electron chi connectivity index (χ1n) is 7.31. The number of amides is 1. The Morgan fingerprint density at radius 2 is 1.67 bits per heavy atom. The van der Waals surface area contributed by atoms with Crippen LogP contribution in [0.1, 0.15) is 23.2 Å². The lowest BCUT2D eigenvalue weighted by atomic mass is 10.0. The SMILES string of the molecule is Cl.O=C(CCC(=O)N1C[C@H]2CNC[C@H]2C1)c1ccccc1. The number of hydrogen-bond donors (Lipinski definition) is 1. The molecule has 3 rings (SSSR count). The number of fused-ring (bicyclic) bond motifs is 1. The number of ketones is 1. The maximum Gasteiger partial charge on any atom is 0.223 e. The Morgan fingerprint density at radius 3 is 2.29 bits per heavy atom. The van der Waals surface area contributed by atoms with E-state index >= 15 is 0 Å². The average molecular weight is 309 g/mol. The van der Waals surface area contributed by atoms with E-state index in [0.717, 1.165) is 26.2 Å². The van der Waals surface area contributed by atoms with E-state index in [-0.39, 0.29) is 24.1 Å². The number of rotatable bonds is 4. The average Bonchev–Trinajstić information content (AvgIpc) is 3.06. The number of hydrogen-bond acceptors (Lipinski definition) is 3. The van der Waals surface area contributed by atoms with Gasteiger partial charge in [-0.1, -0.05) is 30.3 Å². The first-order chi connectivity index (χ1) is 9.74. The molecule has 114 valence electrons. The minimum Gasteiger partial charge on any atom is -0.342 e. The van der Waals surface area contributed by atoms with E-state index in [4.69, 9.17) is 0 Å². The van der Waals surface area contributed by atoms with Gasteiger partial charge in [0.1, 0.15) is 0 Å². The van der Waals surface area contributed by atoms with Gasteiger partial charge in [-0.25, -0.2) is 0 Å². The Hall–Kier alpha value is -1.39. The maximum absolute atomic E-state index is 12.2. The minimum atomic E-state index is 0. The lowest BCUT2D eigenvalue weighted by Crippen LogP contribution is -2.32. The largest absolute Gasteiger partial charge is 0.342 e. The topological polar surface area (TPSA) is 49.4 Å². The molecule has 0 saturated carbocycles. The summed E-state index contributed by atoms with van der Waals surface area (Å²) in [5.74, 6) is 1.41. The number of nitrogens with zero attached hydrogens (tertiary/aromatic N) is 1. The number of halogens is 1. The second-order valence-corrected chi connectivity index (χ2v) is 5.77. The van der Waals surface area contributed by atoms with Crippen LogP contribution in [0, 0.1) is 11.8 Å². The second-order valence-electron chi connectivity index (χ2n) is 5.77. The number of nitrogens with one attached hydrogen (secondary N) is 1. The van der Waals surface area contributed by atoms with Crippen LogP contribution in [0.4, 0.5) is 0 Å².